The molecule has 22 heavy (non-hydrogen) atoms. The number of esters is 1. The van der Waals surface area contributed by atoms with Crippen LogP contribution in [-0.4, -0.2) is 24.1 Å². The van der Waals surface area contributed by atoms with E-state index in [4.69, 9.17) is 16.3 Å². The predicted octanol–water partition coefficient (Wildman–Crippen LogP) is 3.89. The molecule has 6 heteroatoms. The quantitative estimate of drug-likeness (QED) is 0.637. The van der Waals surface area contributed by atoms with Gasteiger partial charge in [0.05, 0.1) is 0 Å². The van der Waals surface area contributed by atoms with E-state index in [9.17, 15) is 9.59 Å². The van der Waals surface area contributed by atoms with E-state index in [1.54, 1.807) is 12.1 Å². The lowest BCUT2D eigenvalue weighted by molar-refractivity contribution is -0.154. The number of anilines is 1. The number of carbonyl (C=O) groups is 2. The van der Waals surface area contributed by atoms with Gasteiger partial charge in [0.2, 0.25) is 0 Å². The van der Waals surface area contributed by atoms with Gasteiger partial charge in [0, 0.05) is 23.7 Å². The normalized spacial score (nSPS) is 11.0. The van der Waals surface area contributed by atoms with Crippen LogP contribution in [-0.2, 0) is 9.53 Å². The van der Waals surface area contributed by atoms with Crippen molar-refractivity contribution in [3.8, 4) is 0 Å². The van der Waals surface area contributed by atoms with Gasteiger partial charge in [-0.1, -0.05) is 17.7 Å². The Labute approximate surface area is 136 Å². The SMILES string of the molecule is Cc1ccc(Cl)cc1NC(=O)NCCCC(=O)OC(C)(C)C. The lowest BCUT2D eigenvalue weighted by Gasteiger charge is -2.19. The van der Waals surface area contributed by atoms with Gasteiger partial charge in [-0.2, -0.15) is 0 Å². The van der Waals surface area contributed by atoms with Crippen LogP contribution in [0.25, 0.3) is 0 Å². The smallest absolute Gasteiger partial charge is 0.319 e. The largest absolute Gasteiger partial charge is 0.460 e. The predicted molar refractivity (Wildman–Crippen MR) is 88.3 cm³/mol. The van der Waals surface area contributed by atoms with Crippen LogP contribution < -0.4 is 10.6 Å². The molecule has 0 fully saturated rings. The van der Waals surface area contributed by atoms with E-state index in [0.29, 0.717) is 23.7 Å². The van der Waals surface area contributed by atoms with Crippen molar-refractivity contribution in [1.82, 2.24) is 5.32 Å². The van der Waals surface area contributed by atoms with Crippen molar-refractivity contribution in [3.05, 3.63) is 28.8 Å². The highest BCUT2D eigenvalue weighted by Crippen LogP contribution is 2.19. The molecular formula is C16H23ClN2O3. The molecule has 1 aromatic carbocycles. The Kier molecular flexibility index (Phi) is 6.68. The van der Waals surface area contributed by atoms with Crippen LogP contribution in [0.2, 0.25) is 5.02 Å². The fourth-order valence-corrected chi connectivity index (χ4v) is 1.89. The first kappa shape index (κ1) is 18.3. The van der Waals surface area contributed by atoms with Crippen molar-refractivity contribution >= 4 is 29.3 Å². The summed E-state index contributed by atoms with van der Waals surface area (Å²) in [6, 6.07) is 4.97. The summed E-state index contributed by atoms with van der Waals surface area (Å²) in [6.45, 7) is 7.75. The Morgan fingerprint density at radius 3 is 2.59 bits per heavy atom. The van der Waals surface area contributed by atoms with Gasteiger partial charge in [-0.3, -0.25) is 4.79 Å². The first-order valence-electron chi connectivity index (χ1n) is 7.20. The summed E-state index contributed by atoms with van der Waals surface area (Å²) in [7, 11) is 0. The van der Waals surface area contributed by atoms with Gasteiger partial charge in [-0.05, 0) is 51.8 Å². The van der Waals surface area contributed by atoms with Crippen LogP contribution in [0.4, 0.5) is 10.5 Å². The molecule has 0 atom stereocenters. The number of rotatable bonds is 5. The van der Waals surface area contributed by atoms with E-state index in [1.807, 2.05) is 33.8 Å². The molecule has 0 aliphatic rings. The van der Waals surface area contributed by atoms with Gasteiger partial charge in [0.1, 0.15) is 5.60 Å². The number of carbonyl (C=O) groups excluding carboxylic acids is 2. The van der Waals surface area contributed by atoms with Crippen molar-refractivity contribution in [2.75, 3.05) is 11.9 Å². The molecule has 1 rings (SSSR count). The molecule has 122 valence electrons. The number of urea groups is 1. The van der Waals surface area contributed by atoms with Crippen molar-refractivity contribution in [1.29, 1.82) is 0 Å². The molecule has 0 aliphatic heterocycles. The maximum Gasteiger partial charge on any atom is 0.319 e. The third-order valence-electron chi connectivity index (χ3n) is 2.71. The summed E-state index contributed by atoms with van der Waals surface area (Å²) in [6.07, 6.45) is 0.796. The second kappa shape index (κ2) is 8.03. The molecule has 1 aromatic rings. The van der Waals surface area contributed by atoms with Crippen LogP contribution in [0.3, 0.4) is 0 Å². The van der Waals surface area contributed by atoms with Gasteiger partial charge in [-0.25, -0.2) is 4.79 Å². The molecule has 0 spiro atoms. The van der Waals surface area contributed by atoms with Crippen molar-refractivity contribution in [2.45, 2.75) is 46.1 Å². The van der Waals surface area contributed by atoms with Gasteiger partial charge < -0.3 is 15.4 Å². The first-order chi connectivity index (χ1) is 10.2. The summed E-state index contributed by atoms with van der Waals surface area (Å²) >= 11 is 5.89. The van der Waals surface area contributed by atoms with Crippen LogP contribution >= 0.6 is 11.6 Å². The Bertz CT molecular complexity index is 539. The number of benzene rings is 1. The first-order valence-corrected chi connectivity index (χ1v) is 7.58. The topological polar surface area (TPSA) is 67.4 Å². The second-order valence-electron chi connectivity index (χ2n) is 6.03. The molecule has 5 nitrogen and oxygen atoms in total. The zero-order chi connectivity index (χ0) is 16.8. The second-order valence-corrected chi connectivity index (χ2v) is 6.47. The third-order valence-corrected chi connectivity index (χ3v) is 2.95. The number of aryl methyl sites for hydroxylation is 1. The minimum atomic E-state index is -0.480. The fraction of sp³-hybridized carbons (Fsp3) is 0.500. The lowest BCUT2D eigenvalue weighted by Crippen LogP contribution is -2.30. The number of ether oxygens (including phenoxy) is 1. The van der Waals surface area contributed by atoms with Crippen molar-refractivity contribution in [2.24, 2.45) is 0 Å². The molecule has 0 heterocycles. The van der Waals surface area contributed by atoms with Crippen LogP contribution in [0.15, 0.2) is 18.2 Å². The Morgan fingerprint density at radius 2 is 1.95 bits per heavy atom. The Hall–Kier alpha value is -1.75. The van der Waals surface area contributed by atoms with Crippen molar-refractivity contribution in [3.63, 3.8) is 0 Å². The van der Waals surface area contributed by atoms with Gasteiger partial charge >= 0.3 is 12.0 Å². The highest BCUT2D eigenvalue weighted by molar-refractivity contribution is 6.31. The molecule has 2 amide bonds. The fourth-order valence-electron chi connectivity index (χ4n) is 1.72. The number of hydrogen-bond donors (Lipinski definition) is 2. The maximum atomic E-state index is 11.8. The Balaban J connectivity index is 2.29. The number of halogens is 1. The molecular weight excluding hydrogens is 304 g/mol. The van der Waals surface area contributed by atoms with Gasteiger partial charge in [0.25, 0.3) is 0 Å². The van der Waals surface area contributed by atoms with E-state index < -0.39 is 5.60 Å². The lowest BCUT2D eigenvalue weighted by atomic mass is 10.2. The minimum absolute atomic E-state index is 0.264. The average Bonchev–Trinajstić information content (AvgIpc) is 2.37. The molecule has 0 aromatic heterocycles. The van der Waals surface area contributed by atoms with Crippen LogP contribution in [0, 0.1) is 6.92 Å². The monoisotopic (exact) mass is 326 g/mol. The minimum Gasteiger partial charge on any atom is -0.460 e. The zero-order valence-corrected chi connectivity index (χ0v) is 14.2. The molecule has 0 aliphatic carbocycles. The van der Waals surface area contributed by atoms with E-state index in [-0.39, 0.29) is 18.4 Å². The van der Waals surface area contributed by atoms with Crippen LogP contribution in [0.1, 0.15) is 39.2 Å². The Morgan fingerprint density at radius 1 is 1.27 bits per heavy atom. The van der Waals surface area contributed by atoms with Crippen molar-refractivity contribution < 1.29 is 14.3 Å². The van der Waals surface area contributed by atoms with Crippen LogP contribution in [0.5, 0.6) is 0 Å². The standard InChI is InChI=1S/C16H23ClN2O3/c1-11-7-8-12(17)10-13(11)19-15(21)18-9-5-6-14(20)22-16(2,3)4/h7-8,10H,5-6,9H2,1-4H3,(H2,18,19,21). The van der Waals surface area contributed by atoms with E-state index in [1.165, 1.54) is 0 Å². The van der Waals surface area contributed by atoms with Gasteiger partial charge in [0.15, 0.2) is 0 Å². The number of amides is 2. The highest BCUT2D eigenvalue weighted by Gasteiger charge is 2.15. The number of hydrogen-bond acceptors (Lipinski definition) is 3. The summed E-state index contributed by atoms with van der Waals surface area (Å²) in [5, 5.41) is 5.98. The summed E-state index contributed by atoms with van der Waals surface area (Å²) in [5.74, 6) is -0.264. The average molecular weight is 327 g/mol. The van der Waals surface area contributed by atoms with E-state index in [0.717, 1.165) is 5.56 Å². The van der Waals surface area contributed by atoms with E-state index in [2.05, 4.69) is 10.6 Å². The molecule has 0 unspecified atom stereocenters. The highest BCUT2D eigenvalue weighted by atomic mass is 35.5. The molecule has 0 radical (unpaired) electrons. The zero-order valence-electron chi connectivity index (χ0n) is 13.5. The molecule has 0 bridgehead atoms. The molecule has 2 N–H and O–H groups in total. The van der Waals surface area contributed by atoms with Gasteiger partial charge in [-0.15, -0.1) is 0 Å². The summed E-state index contributed by atoms with van der Waals surface area (Å²) < 4.78 is 5.19. The number of nitrogens with one attached hydrogen (secondary N) is 2. The molecule has 0 saturated carbocycles. The van der Waals surface area contributed by atoms with E-state index >= 15 is 0 Å². The summed E-state index contributed by atoms with van der Waals surface area (Å²) in [5.41, 5.74) is 1.11. The molecule has 0 saturated heterocycles. The maximum absolute atomic E-state index is 11.8. The third kappa shape index (κ3) is 7.31. The summed E-state index contributed by atoms with van der Waals surface area (Å²) in [4.78, 5) is 23.3.